The van der Waals surface area contributed by atoms with Crippen LogP contribution >= 0.6 is 22.6 Å². The molecule has 4 heteroatoms. The molecule has 0 saturated heterocycles. The minimum Gasteiger partial charge on any atom is -0.424 e. The van der Waals surface area contributed by atoms with E-state index in [0.29, 0.717) is 6.01 Å². The zero-order chi connectivity index (χ0) is 12.4. The summed E-state index contributed by atoms with van der Waals surface area (Å²) in [6.45, 7) is 0. The third kappa shape index (κ3) is 2.28. The predicted octanol–water partition coefficient (Wildman–Crippen LogP) is 4.03. The standard InChI is InChI=1S/C14H9IN2O/c15-11-8-16-14(17-9-11)18-13-7-3-5-10-4-1-2-6-12(10)13/h1-9H. The van der Waals surface area contributed by atoms with Gasteiger partial charge in [0.05, 0.1) is 0 Å². The van der Waals surface area contributed by atoms with Gasteiger partial charge in [-0.1, -0.05) is 36.4 Å². The van der Waals surface area contributed by atoms with E-state index in [4.69, 9.17) is 4.74 Å². The van der Waals surface area contributed by atoms with Crippen molar-refractivity contribution < 1.29 is 4.74 Å². The van der Waals surface area contributed by atoms with Crippen LogP contribution in [-0.2, 0) is 0 Å². The first-order chi connectivity index (χ1) is 8.83. The van der Waals surface area contributed by atoms with Crippen LogP contribution in [0.1, 0.15) is 0 Å². The maximum atomic E-state index is 5.72. The summed E-state index contributed by atoms with van der Waals surface area (Å²) in [4.78, 5) is 8.28. The molecule has 2 aromatic carbocycles. The molecule has 0 radical (unpaired) electrons. The van der Waals surface area contributed by atoms with Crippen LogP contribution in [0.15, 0.2) is 54.9 Å². The van der Waals surface area contributed by atoms with Gasteiger partial charge in [0.15, 0.2) is 0 Å². The van der Waals surface area contributed by atoms with Crippen molar-refractivity contribution in [2.24, 2.45) is 0 Å². The Morgan fingerprint density at radius 2 is 1.61 bits per heavy atom. The van der Waals surface area contributed by atoms with Gasteiger partial charge in [-0.05, 0) is 34.0 Å². The smallest absolute Gasteiger partial charge is 0.321 e. The molecule has 3 nitrogen and oxygen atoms in total. The summed E-state index contributed by atoms with van der Waals surface area (Å²) >= 11 is 2.16. The highest BCUT2D eigenvalue weighted by Gasteiger charge is 2.04. The van der Waals surface area contributed by atoms with E-state index in [1.165, 1.54) is 0 Å². The molecule has 1 aromatic heterocycles. The number of benzene rings is 2. The minimum atomic E-state index is 0.367. The fourth-order valence-corrected chi connectivity index (χ4v) is 2.01. The lowest BCUT2D eigenvalue weighted by Gasteiger charge is -2.06. The first-order valence-corrected chi connectivity index (χ1v) is 6.54. The molecule has 0 aliphatic rings. The number of aromatic nitrogens is 2. The van der Waals surface area contributed by atoms with E-state index in [1.807, 2.05) is 30.3 Å². The molecule has 18 heavy (non-hydrogen) atoms. The van der Waals surface area contributed by atoms with Crippen LogP contribution in [0.3, 0.4) is 0 Å². The largest absolute Gasteiger partial charge is 0.424 e. The Morgan fingerprint density at radius 3 is 2.44 bits per heavy atom. The average molecular weight is 348 g/mol. The Bertz CT molecular complexity index is 677. The number of rotatable bonds is 2. The highest BCUT2D eigenvalue weighted by Crippen LogP contribution is 2.27. The van der Waals surface area contributed by atoms with Gasteiger partial charge in [-0.2, -0.15) is 0 Å². The van der Waals surface area contributed by atoms with Gasteiger partial charge in [0.1, 0.15) is 5.75 Å². The molecule has 3 rings (SSSR count). The zero-order valence-corrected chi connectivity index (χ0v) is 11.5. The summed E-state index contributed by atoms with van der Waals surface area (Å²) in [5, 5.41) is 2.20. The van der Waals surface area contributed by atoms with Crippen molar-refractivity contribution in [2.75, 3.05) is 0 Å². The number of hydrogen-bond donors (Lipinski definition) is 0. The molecule has 0 fully saturated rings. The van der Waals surface area contributed by atoms with Gasteiger partial charge < -0.3 is 4.74 Å². The highest BCUT2D eigenvalue weighted by atomic mass is 127. The number of nitrogens with zero attached hydrogens (tertiary/aromatic N) is 2. The summed E-state index contributed by atoms with van der Waals surface area (Å²) in [5.74, 6) is 0.773. The fourth-order valence-electron chi connectivity index (χ4n) is 1.74. The summed E-state index contributed by atoms with van der Waals surface area (Å²) in [6.07, 6.45) is 3.46. The van der Waals surface area contributed by atoms with Gasteiger partial charge in [0.25, 0.3) is 0 Å². The Morgan fingerprint density at radius 1 is 0.889 bits per heavy atom. The molecule has 0 spiro atoms. The summed E-state index contributed by atoms with van der Waals surface area (Å²) < 4.78 is 6.71. The lowest BCUT2D eigenvalue weighted by Crippen LogP contribution is -1.92. The van der Waals surface area contributed by atoms with E-state index in [9.17, 15) is 0 Å². The molecule has 0 atom stereocenters. The normalized spacial score (nSPS) is 10.5. The number of hydrogen-bond acceptors (Lipinski definition) is 3. The second-order valence-corrected chi connectivity index (χ2v) is 5.01. The van der Waals surface area contributed by atoms with Gasteiger partial charge in [0, 0.05) is 21.4 Å². The van der Waals surface area contributed by atoms with Crippen molar-refractivity contribution in [3.8, 4) is 11.8 Å². The number of fused-ring (bicyclic) bond motifs is 1. The van der Waals surface area contributed by atoms with Gasteiger partial charge in [-0.15, -0.1) is 0 Å². The summed E-state index contributed by atoms with van der Waals surface area (Å²) in [7, 11) is 0. The number of halogens is 1. The van der Waals surface area contributed by atoms with Crippen LogP contribution in [0.2, 0.25) is 0 Å². The van der Waals surface area contributed by atoms with Crippen LogP contribution in [0.5, 0.6) is 11.8 Å². The molecule has 0 N–H and O–H groups in total. The zero-order valence-electron chi connectivity index (χ0n) is 9.38. The quantitative estimate of drug-likeness (QED) is 0.656. The van der Waals surface area contributed by atoms with Crippen molar-refractivity contribution in [3.05, 3.63) is 58.4 Å². The average Bonchev–Trinajstić information content (AvgIpc) is 2.42. The predicted molar refractivity (Wildman–Crippen MR) is 78.8 cm³/mol. The van der Waals surface area contributed by atoms with Crippen molar-refractivity contribution >= 4 is 33.4 Å². The first kappa shape index (κ1) is 11.4. The molecule has 0 aliphatic heterocycles. The van der Waals surface area contributed by atoms with Crippen LogP contribution < -0.4 is 4.74 Å². The van der Waals surface area contributed by atoms with E-state index < -0.39 is 0 Å². The van der Waals surface area contributed by atoms with Crippen molar-refractivity contribution in [2.45, 2.75) is 0 Å². The van der Waals surface area contributed by atoms with E-state index in [-0.39, 0.29) is 0 Å². The third-order valence-electron chi connectivity index (χ3n) is 2.55. The van der Waals surface area contributed by atoms with Crippen LogP contribution in [-0.4, -0.2) is 9.97 Å². The molecule has 3 aromatic rings. The minimum absolute atomic E-state index is 0.367. The third-order valence-corrected chi connectivity index (χ3v) is 3.10. The molecule has 0 saturated carbocycles. The molecule has 0 aliphatic carbocycles. The van der Waals surface area contributed by atoms with Crippen molar-refractivity contribution in [3.63, 3.8) is 0 Å². The SMILES string of the molecule is Ic1cnc(Oc2cccc3ccccc23)nc1. The molecule has 0 amide bonds. The van der Waals surface area contributed by atoms with E-state index in [1.54, 1.807) is 12.4 Å². The van der Waals surface area contributed by atoms with Gasteiger partial charge in [-0.25, -0.2) is 9.97 Å². The first-order valence-electron chi connectivity index (χ1n) is 5.46. The van der Waals surface area contributed by atoms with Gasteiger partial charge in [-0.3, -0.25) is 0 Å². The molecular formula is C14H9IN2O. The summed E-state index contributed by atoms with van der Waals surface area (Å²) in [5.41, 5.74) is 0. The molecule has 0 bridgehead atoms. The Kier molecular flexibility index (Phi) is 3.10. The monoisotopic (exact) mass is 348 g/mol. The van der Waals surface area contributed by atoms with Crippen molar-refractivity contribution in [1.29, 1.82) is 0 Å². The second-order valence-electron chi connectivity index (χ2n) is 3.76. The van der Waals surface area contributed by atoms with E-state index in [2.05, 4.69) is 44.7 Å². The fraction of sp³-hybridized carbons (Fsp3) is 0. The van der Waals surface area contributed by atoms with Crippen LogP contribution in [0, 0.1) is 3.57 Å². The molecule has 88 valence electrons. The maximum Gasteiger partial charge on any atom is 0.321 e. The van der Waals surface area contributed by atoms with E-state index in [0.717, 1.165) is 20.1 Å². The Labute approximate surface area is 118 Å². The Hall–Kier alpha value is -1.69. The second kappa shape index (κ2) is 4.89. The van der Waals surface area contributed by atoms with Gasteiger partial charge >= 0.3 is 6.01 Å². The molecular weight excluding hydrogens is 339 g/mol. The number of ether oxygens (including phenoxy) is 1. The van der Waals surface area contributed by atoms with Gasteiger partial charge in [0.2, 0.25) is 0 Å². The van der Waals surface area contributed by atoms with Crippen LogP contribution in [0.4, 0.5) is 0 Å². The molecule has 1 heterocycles. The Balaban J connectivity index is 2.02. The lowest BCUT2D eigenvalue weighted by molar-refractivity contribution is 0.446. The summed E-state index contributed by atoms with van der Waals surface area (Å²) in [6, 6.07) is 14.4. The topological polar surface area (TPSA) is 35.0 Å². The van der Waals surface area contributed by atoms with Crippen molar-refractivity contribution in [1.82, 2.24) is 9.97 Å². The van der Waals surface area contributed by atoms with E-state index >= 15 is 0 Å². The van der Waals surface area contributed by atoms with Crippen LogP contribution in [0.25, 0.3) is 10.8 Å². The highest BCUT2D eigenvalue weighted by molar-refractivity contribution is 14.1. The maximum absolute atomic E-state index is 5.72. The molecule has 0 unspecified atom stereocenters. The lowest BCUT2D eigenvalue weighted by atomic mass is 10.1.